The zero-order chi connectivity index (χ0) is 34.0. The van der Waals surface area contributed by atoms with Crippen molar-refractivity contribution in [3.63, 3.8) is 0 Å². The summed E-state index contributed by atoms with van der Waals surface area (Å²) >= 11 is 0. The fourth-order valence-electron chi connectivity index (χ4n) is 7.36. The highest BCUT2D eigenvalue weighted by atomic mass is 16.6. The van der Waals surface area contributed by atoms with Gasteiger partial charge >= 0.3 is 5.97 Å². The Balaban J connectivity index is 1.64. The zero-order valence-corrected chi connectivity index (χ0v) is 31.2. The average Bonchev–Trinajstić information content (AvgIpc) is 3.63. The summed E-state index contributed by atoms with van der Waals surface area (Å²) in [6.45, 7) is 9.69. The van der Waals surface area contributed by atoms with Gasteiger partial charge in [0.05, 0.1) is 31.5 Å². The molecular formula is C40H77NO6. The highest BCUT2D eigenvalue weighted by Crippen LogP contribution is 2.32. The van der Waals surface area contributed by atoms with Crippen molar-refractivity contribution in [1.29, 1.82) is 0 Å². The number of aliphatic hydroxyl groups excluding tert-OH is 2. The normalized spacial score (nSPS) is 22.2. The Morgan fingerprint density at radius 1 is 0.638 bits per heavy atom. The SMILES string of the molecule is CCCCCCCCCCCCC(O)CN(CCCCC(=O)OC1COC2C(C)COC12)CC(O)CCCCCCCCCCCC. The summed E-state index contributed by atoms with van der Waals surface area (Å²) in [5, 5.41) is 21.8. The molecular weight excluding hydrogens is 590 g/mol. The number of hydrogen-bond donors (Lipinski definition) is 2. The van der Waals surface area contributed by atoms with Gasteiger partial charge in [0.2, 0.25) is 0 Å². The monoisotopic (exact) mass is 668 g/mol. The summed E-state index contributed by atoms with van der Waals surface area (Å²) in [6, 6.07) is 0. The first-order valence-electron chi connectivity index (χ1n) is 20.5. The van der Waals surface area contributed by atoms with Gasteiger partial charge in [-0.05, 0) is 32.2 Å². The van der Waals surface area contributed by atoms with Crippen LogP contribution in [0.5, 0.6) is 0 Å². The van der Waals surface area contributed by atoms with Crippen molar-refractivity contribution in [1.82, 2.24) is 4.90 Å². The number of hydrogen-bond acceptors (Lipinski definition) is 7. The van der Waals surface area contributed by atoms with Crippen LogP contribution in [-0.2, 0) is 19.0 Å². The zero-order valence-electron chi connectivity index (χ0n) is 31.2. The van der Waals surface area contributed by atoms with Gasteiger partial charge in [0.1, 0.15) is 6.10 Å². The summed E-state index contributed by atoms with van der Waals surface area (Å²) in [4.78, 5) is 14.8. The van der Waals surface area contributed by atoms with Crippen LogP contribution in [0.2, 0.25) is 0 Å². The molecule has 6 atom stereocenters. The van der Waals surface area contributed by atoms with Gasteiger partial charge in [0, 0.05) is 25.4 Å². The fourth-order valence-corrected chi connectivity index (χ4v) is 7.36. The van der Waals surface area contributed by atoms with Gasteiger partial charge in [-0.15, -0.1) is 0 Å². The van der Waals surface area contributed by atoms with Crippen LogP contribution in [0.3, 0.4) is 0 Å². The van der Waals surface area contributed by atoms with E-state index >= 15 is 0 Å². The number of fused-ring (bicyclic) bond motifs is 1. The molecule has 0 aromatic rings. The fraction of sp³-hybridized carbons (Fsp3) is 0.975. The number of aliphatic hydroxyl groups is 2. The average molecular weight is 668 g/mol. The molecule has 0 aromatic carbocycles. The molecule has 0 bridgehead atoms. The largest absolute Gasteiger partial charge is 0.457 e. The van der Waals surface area contributed by atoms with Gasteiger partial charge in [0.15, 0.2) is 6.10 Å². The lowest BCUT2D eigenvalue weighted by Gasteiger charge is -2.27. The quantitative estimate of drug-likeness (QED) is 0.0546. The molecule has 2 saturated heterocycles. The maximum absolute atomic E-state index is 12.6. The van der Waals surface area contributed by atoms with E-state index in [1.807, 2.05) is 0 Å². The summed E-state index contributed by atoms with van der Waals surface area (Å²) < 4.78 is 17.4. The first-order valence-corrected chi connectivity index (χ1v) is 20.5. The molecule has 0 saturated carbocycles. The number of unbranched alkanes of at least 4 members (excludes halogenated alkanes) is 19. The van der Waals surface area contributed by atoms with Crippen molar-refractivity contribution in [3.8, 4) is 0 Å². The minimum Gasteiger partial charge on any atom is -0.457 e. The predicted octanol–water partition coefficient (Wildman–Crippen LogP) is 9.15. The van der Waals surface area contributed by atoms with Crippen molar-refractivity contribution in [2.24, 2.45) is 5.92 Å². The van der Waals surface area contributed by atoms with Crippen LogP contribution < -0.4 is 0 Å². The molecule has 6 unspecified atom stereocenters. The molecule has 47 heavy (non-hydrogen) atoms. The Hall–Kier alpha value is -0.730. The molecule has 0 amide bonds. The number of rotatable bonds is 32. The van der Waals surface area contributed by atoms with Crippen LogP contribution >= 0.6 is 0 Å². The predicted molar refractivity (Wildman–Crippen MR) is 194 cm³/mol. The lowest BCUT2D eigenvalue weighted by molar-refractivity contribution is -0.153. The first kappa shape index (κ1) is 42.4. The van der Waals surface area contributed by atoms with E-state index in [0.29, 0.717) is 38.6 Å². The lowest BCUT2D eigenvalue weighted by atomic mass is 10.0. The van der Waals surface area contributed by atoms with Crippen molar-refractivity contribution in [2.75, 3.05) is 32.8 Å². The Labute approximate surface area is 290 Å². The molecule has 2 N–H and O–H groups in total. The molecule has 0 aromatic heterocycles. The molecule has 0 spiro atoms. The highest BCUT2D eigenvalue weighted by molar-refractivity contribution is 5.69. The molecule has 0 aliphatic carbocycles. The highest BCUT2D eigenvalue weighted by Gasteiger charge is 2.47. The van der Waals surface area contributed by atoms with Crippen LogP contribution in [0.15, 0.2) is 0 Å². The second-order valence-electron chi connectivity index (χ2n) is 15.1. The first-order chi connectivity index (χ1) is 22.9. The van der Waals surface area contributed by atoms with E-state index in [2.05, 4.69) is 25.7 Å². The van der Waals surface area contributed by atoms with Gasteiger partial charge in [-0.1, -0.05) is 149 Å². The molecule has 278 valence electrons. The third kappa shape index (κ3) is 20.5. The van der Waals surface area contributed by atoms with E-state index in [9.17, 15) is 15.0 Å². The summed E-state index contributed by atoms with van der Waals surface area (Å²) in [5.41, 5.74) is 0. The third-order valence-corrected chi connectivity index (χ3v) is 10.4. The molecule has 2 heterocycles. The summed E-state index contributed by atoms with van der Waals surface area (Å²) in [6.07, 6.45) is 28.3. The van der Waals surface area contributed by atoms with Crippen molar-refractivity contribution < 1.29 is 29.2 Å². The Morgan fingerprint density at radius 3 is 1.57 bits per heavy atom. The number of carbonyl (C=O) groups excluding carboxylic acids is 1. The van der Waals surface area contributed by atoms with Crippen LogP contribution in [0.4, 0.5) is 0 Å². The van der Waals surface area contributed by atoms with Gasteiger partial charge < -0.3 is 24.4 Å². The van der Waals surface area contributed by atoms with Crippen LogP contribution in [0.25, 0.3) is 0 Å². The smallest absolute Gasteiger partial charge is 0.306 e. The number of carbonyl (C=O) groups is 1. The molecule has 7 nitrogen and oxygen atoms in total. The van der Waals surface area contributed by atoms with E-state index in [4.69, 9.17) is 14.2 Å². The van der Waals surface area contributed by atoms with E-state index in [1.165, 1.54) is 116 Å². The minimum atomic E-state index is -0.373. The standard InChI is InChI=1S/C40H77NO6/c1-4-6-8-10-12-14-16-18-20-22-26-35(42)30-41(31-36(43)27-23-21-19-17-15-13-11-9-7-5-2)29-25-24-28-38(44)47-37-33-46-39-34(3)32-45-40(37)39/h34-37,39-40,42-43H,4-33H2,1-3H3. The second kappa shape index (κ2) is 28.0. The summed E-state index contributed by atoms with van der Waals surface area (Å²) in [5.74, 6) is 0.159. The molecule has 2 aliphatic heterocycles. The third-order valence-electron chi connectivity index (χ3n) is 10.4. The van der Waals surface area contributed by atoms with Crippen LogP contribution in [0.1, 0.15) is 181 Å². The van der Waals surface area contributed by atoms with Gasteiger partial charge in [-0.3, -0.25) is 9.69 Å². The molecule has 0 radical (unpaired) electrons. The van der Waals surface area contributed by atoms with Crippen LogP contribution in [0, 0.1) is 5.92 Å². The Bertz CT molecular complexity index is 706. The minimum absolute atomic E-state index is 0.0415. The molecule has 7 heteroatoms. The van der Waals surface area contributed by atoms with E-state index in [-0.39, 0.29) is 36.5 Å². The number of esters is 1. The maximum atomic E-state index is 12.6. The molecule has 2 rings (SSSR count). The second-order valence-corrected chi connectivity index (χ2v) is 15.1. The summed E-state index contributed by atoms with van der Waals surface area (Å²) in [7, 11) is 0. The Kier molecular flexibility index (Phi) is 25.3. The van der Waals surface area contributed by atoms with E-state index in [0.717, 1.165) is 45.1 Å². The lowest BCUT2D eigenvalue weighted by Crippen LogP contribution is -2.38. The van der Waals surface area contributed by atoms with Crippen molar-refractivity contribution in [3.05, 3.63) is 0 Å². The Morgan fingerprint density at radius 2 is 1.09 bits per heavy atom. The number of ether oxygens (including phenoxy) is 3. The van der Waals surface area contributed by atoms with Gasteiger partial charge in [-0.25, -0.2) is 0 Å². The van der Waals surface area contributed by atoms with E-state index in [1.54, 1.807) is 0 Å². The van der Waals surface area contributed by atoms with Crippen molar-refractivity contribution in [2.45, 2.75) is 212 Å². The topological polar surface area (TPSA) is 88.5 Å². The number of nitrogens with zero attached hydrogens (tertiary/aromatic N) is 1. The van der Waals surface area contributed by atoms with Crippen molar-refractivity contribution >= 4 is 5.97 Å². The van der Waals surface area contributed by atoms with Gasteiger partial charge in [0.25, 0.3) is 0 Å². The van der Waals surface area contributed by atoms with Gasteiger partial charge in [-0.2, -0.15) is 0 Å². The van der Waals surface area contributed by atoms with Crippen LogP contribution in [-0.4, -0.2) is 84.5 Å². The molecule has 2 aliphatic rings. The van der Waals surface area contributed by atoms with E-state index < -0.39 is 0 Å². The molecule has 2 fully saturated rings. The maximum Gasteiger partial charge on any atom is 0.306 e.